The van der Waals surface area contributed by atoms with Crippen LogP contribution in [0.5, 0.6) is 0 Å². The minimum Gasteiger partial charge on any atom is -0.480 e. The second kappa shape index (κ2) is 6.23. The van der Waals surface area contributed by atoms with Crippen molar-refractivity contribution in [3.63, 3.8) is 0 Å². The number of carboxylic acid groups (broad SMARTS) is 1. The molecule has 1 aliphatic rings. The van der Waals surface area contributed by atoms with E-state index in [1.54, 1.807) is 14.0 Å². The van der Waals surface area contributed by atoms with Crippen LogP contribution >= 0.6 is 0 Å². The zero-order chi connectivity index (χ0) is 14.6. The summed E-state index contributed by atoms with van der Waals surface area (Å²) in [6.45, 7) is 5.19. The fourth-order valence-corrected chi connectivity index (χ4v) is 2.45. The van der Waals surface area contributed by atoms with Gasteiger partial charge in [-0.25, -0.2) is 9.59 Å². The molecule has 0 aliphatic heterocycles. The molecule has 1 fully saturated rings. The largest absolute Gasteiger partial charge is 0.480 e. The molecule has 0 bridgehead atoms. The van der Waals surface area contributed by atoms with Gasteiger partial charge >= 0.3 is 12.0 Å². The Kier molecular flexibility index (Phi) is 5.17. The fourth-order valence-electron chi connectivity index (χ4n) is 2.45. The maximum absolute atomic E-state index is 12.2. The molecule has 6 nitrogen and oxygen atoms in total. The van der Waals surface area contributed by atoms with Crippen molar-refractivity contribution in [3.8, 4) is 0 Å². The molecule has 0 radical (unpaired) electrons. The van der Waals surface area contributed by atoms with Gasteiger partial charge < -0.3 is 20.1 Å². The standard InChI is InChI=1S/C13H24N2O4/c1-5-15(13(2,3)11(16)17)12(18)14-9-6-7-10(8-9)19-4/h9-10H,5-8H2,1-4H3,(H,14,18)(H,16,17). The van der Waals surface area contributed by atoms with E-state index in [9.17, 15) is 14.7 Å². The van der Waals surface area contributed by atoms with Crippen molar-refractivity contribution >= 4 is 12.0 Å². The van der Waals surface area contributed by atoms with E-state index in [1.807, 2.05) is 0 Å². The first kappa shape index (κ1) is 15.8. The van der Waals surface area contributed by atoms with Crippen LogP contribution in [-0.4, -0.2) is 53.3 Å². The Balaban J connectivity index is 2.63. The fraction of sp³-hybridized carbons (Fsp3) is 0.846. The number of nitrogens with zero attached hydrogens (tertiary/aromatic N) is 1. The van der Waals surface area contributed by atoms with Gasteiger partial charge in [0, 0.05) is 19.7 Å². The predicted molar refractivity (Wildman–Crippen MR) is 71.1 cm³/mol. The summed E-state index contributed by atoms with van der Waals surface area (Å²) >= 11 is 0. The Bertz CT molecular complexity index is 344. The molecule has 2 unspecified atom stereocenters. The van der Waals surface area contributed by atoms with Crippen molar-refractivity contribution in [1.29, 1.82) is 0 Å². The number of carbonyl (C=O) groups excluding carboxylic acids is 1. The molecule has 2 amide bonds. The molecule has 2 N–H and O–H groups in total. The first-order valence-electron chi connectivity index (χ1n) is 6.67. The summed E-state index contributed by atoms with van der Waals surface area (Å²) in [6.07, 6.45) is 2.77. The summed E-state index contributed by atoms with van der Waals surface area (Å²) in [6, 6.07) is -0.257. The van der Waals surface area contributed by atoms with Gasteiger partial charge in [-0.05, 0) is 40.0 Å². The normalized spacial score (nSPS) is 23.2. The Morgan fingerprint density at radius 2 is 2.05 bits per heavy atom. The lowest BCUT2D eigenvalue weighted by molar-refractivity contribution is -0.147. The van der Waals surface area contributed by atoms with E-state index in [1.165, 1.54) is 18.7 Å². The summed E-state index contributed by atoms with van der Waals surface area (Å²) in [4.78, 5) is 24.7. The van der Waals surface area contributed by atoms with E-state index in [0.717, 1.165) is 19.3 Å². The molecule has 110 valence electrons. The zero-order valence-corrected chi connectivity index (χ0v) is 12.1. The maximum atomic E-state index is 12.2. The zero-order valence-electron chi connectivity index (χ0n) is 12.1. The highest BCUT2D eigenvalue weighted by Gasteiger charge is 2.38. The van der Waals surface area contributed by atoms with E-state index in [-0.39, 0.29) is 18.2 Å². The molecule has 0 aromatic rings. The summed E-state index contributed by atoms with van der Waals surface area (Å²) in [5.41, 5.74) is -1.21. The van der Waals surface area contributed by atoms with Crippen LogP contribution in [0, 0.1) is 0 Å². The van der Waals surface area contributed by atoms with Crippen LogP contribution in [0.1, 0.15) is 40.0 Å². The number of carbonyl (C=O) groups is 2. The van der Waals surface area contributed by atoms with Gasteiger partial charge in [-0.2, -0.15) is 0 Å². The molecule has 2 atom stereocenters. The molecule has 0 heterocycles. The molecule has 0 aromatic carbocycles. The van der Waals surface area contributed by atoms with Crippen molar-refractivity contribution in [2.75, 3.05) is 13.7 Å². The van der Waals surface area contributed by atoms with E-state index in [2.05, 4.69) is 5.32 Å². The summed E-state index contributed by atoms with van der Waals surface area (Å²) < 4.78 is 5.26. The van der Waals surface area contributed by atoms with Gasteiger partial charge in [0.05, 0.1) is 6.10 Å². The highest BCUT2D eigenvalue weighted by Crippen LogP contribution is 2.22. The van der Waals surface area contributed by atoms with Crippen LogP contribution in [0.2, 0.25) is 0 Å². The minimum atomic E-state index is -1.21. The number of aliphatic carboxylic acids is 1. The summed E-state index contributed by atoms with van der Waals surface area (Å²) in [5.74, 6) is -1.01. The van der Waals surface area contributed by atoms with Crippen LogP contribution in [0.25, 0.3) is 0 Å². The van der Waals surface area contributed by atoms with E-state index < -0.39 is 11.5 Å². The van der Waals surface area contributed by atoms with Crippen molar-refractivity contribution in [2.45, 2.75) is 57.7 Å². The van der Waals surface area contributed by atoms with Gasteiger partial charge in [-0.15, -0.1) is 0 Å². The number of methoxy groups -OCH3 is 1. The van der Waals surface area contributed by atoms with Crippen LogP contribution in [0.4, 0.5) is 4.79 Å². The number of nitrogens with one attached hydrogen (secondary N) is 1. The third-order valence-electron chi connectivity index (χ3n) is 3.80. The number of carboxylic acids is 1. The highest BCUT2D eigenvalue weighted by molar-refractivity contribution is 5.85. The number of hydrogen-bond donors (Lipinski definition) is 2. The Morgan fingerprint density at radius 1 is 1.42 bits per heavy atom. The van der Waals surface area contributed by atoms with Gasteiger partial charge in [0.1, 0.15) is 5.54 Å². The van der Waals surface area contributed by atoms with Crippen LogP contribution in [-0.2, 0) is 9.53 Å². The van der Waals surface area contributed by atoms with Gasteiger partial charge in [0.25, 0.3) is 0 Å². The van der Waals surface area contributed by atoms with Crippen LogP contribution < -0.4 is 5.32 Å². The smallest absolute Gasteiger partial charge is 0.329 e. The van der Waals surface area contributed by atoms with Crippen LogP contribution in [0.3, 0.4) is 0 Å². The lowest BCUT2D eigenvalue weighted by Gasteiger charge is -2.35. The first-order chi connectivity index (χ1) is 8.82. The molecule has 1 rings (SSSR count). The quantitative estimate of drug-likeness (QED) is 0.794. The van der Waals surface area contributed by atoms with Gasteiger partial charge in [0.15, 0.2) is 0 Å². The topological polar surface area (TPSA) is 78.9 Å². The van der Waals surface area contributed by atoms with Crippen molar-refractivity contribution in [2.24, 2.45) is 0 Å². The Hall–Kier alpha value is -1.30. The average Bonchev–Trinajstić information content (AvgIpc) is 2.76. The number of urea groups is 1. The average molecular weight is 272 g/mol. The Morgan fingerprint density at radius 3 is 2.47 bits per heavy atom. The first-order valence-corrected chi connectivity index (χ1v) is 6.67. The molecule has 0 spiro atoms. The molecular formula is C13H24N2O4. The number of rotatable bonds is 5. The molecule has 1 aliphatic carbocycles. The van der Waals surface area contributed by atoms with Crippen molar-refractivity contribution in [3.05, 3.63) is 0 Å². The molecule has 1 saturated carbocycles. The second-order valence-electron chi connectivity index (χ2n) is 5.43. The minimum absolute atomic E-state index is 0.0658. The molecule has 0 saturated heterocycles. The third kappa shape index (κ3) is 3.59. The number of hydrogen-bond acceptors (Lipinski definition) is 3. The summed E-state index contributed by atoms with van der Waals surface area (Å²) in [5, 5.41) is 12.1. The summed E-state index contributed by atoms with van der Waals surface area (Å²) in [7, 11) is 1.67. The van der Waals surface area contributed by atoms with E-state index >= 15 is 0 Å². The van der Waals surface area contributed by atoms with Crippen molar-refractivity contribution in [1.82, 2.24) is 10.2 Å². The van der Waals surface area contributed by atoms with Gasteiger partial charge in [-0.1, -0.05) is 0 Å². The van der Waals surface area contributed by atoms with E-state index in [4.69, 9.17) is 4.74 Å². The second-order valence-corrected chi connectivity index (χ2v) is 5.43. The number of likely N-dealkylation sites (N-methyl/N-ethyl adjacent to an activating group) is 1. The highest BCUT2D eigenvalue weighted by atomic mass is 16.5. The lowest BCUT2D eigenvalue weighted by atomic mass is 10.0. The van der Waals surface area contributed by atoms with E-state index in [0.29, 0.717) is 6.54 Å². The predicted octanol–water partition coefficient (Wildman–Crippen LogP) is 1.45. The van der Waals surface area contributed by atoms with Crippen molar-refractivity contribution < 1.29 is 19.4 Å². The monoisotopic (exact) mass is 272 g/mol. The Labute approximate surface area is 114 Å². The van der Waals surface area contributed by atoms with Crippen LogP contribution in [0.15, 0.2) is 0 Å². The number of ether oxygens (including phenoxy) is 1. The molecule has 19 heavy (non-hydrogen) atoms. The molecular weight excluding hydrogens is 248 g/mol. The third-order valence-corrected chi connectivity index (χ3v) is 3.80. The lowest BCUT2D eigenvalue weighted by Crippen LogP contribution is -2.57. The number of amides is 2. The SMILES string of the molecule is CCN(C(=O)NC1CCC(OC)C1)C(C)(C)C(=O)O. The maximum Gasteiger partial charge on any atom is 0.329 e. The molecule has 0 aromatic heterocycles. The van der Waals surface area contributed by atoms with Gasteiger partial charge in [-0.3, -0.25) is 0 Å². The molecule has 6 heteroatoms. The van der Waals surface area contributed by atoms with Gasteiger partial charge in [0.2, 0.25) is 0 Å².